The van der Waals surface area contributed by atoms with Gasteiger partial charge in [-0.05, 0) is 25.1 Å². The van der Waals surface area contributed by atoms with Crippen LogP contribution in [0.5, 0.6) is 0 Å². The molecule has 0 unspecified atom stereocenters. The number of benzene rings is 1. The van der Waals surface area contributed by atoms with E-state index in [0.717, 1.165) is 0 Å². The number of hydrogen-bond acceptors (Lipinski definition) is 3. The summed E-state index contributed by atoms with van der Waals surface area (Å²) in [7, 11) is -3.42. The number of rotatable bonds is 2. The molecule has 3 nitrogen and oxygen atoms in total. The van der Waals surface area contributed by atoms with Crippen molar-refractivity contribution in [3.8, 4) is 0 Å². The Morgan fingerprint density at radius 1 is 1.24 bits per heavy atom. The van der Waals surface area contributed by atoms with Crippen molar-refractivity contribution >= 4 is 9.84 Å². The first-order chi connectivity index (χ1) is 8.01. The van der Waals surface area contributed by atoms with E-state index >= 15 is 0 Å². The molecule has 1 aromatic rings. The van der Waals surface area contributed by atoms with E-state index in [4.69, 9.17) is 4.74 Å². The lowest BCUT2D eigenvalue weighted by atomic mass is 10.0. The second-order valence-electron chi connectivity index (χ2n) is 4.44. The normalized spacial score (nSPS) is 30.6. The van der Waals surface area contributed by atoms with Crippen molar-refractivity contribution in [3.63, 3.8) is 0 Å². The molecule has 88 valence electrons. The highest BCUT2D eigenvalue weighted by atomic mass is 32.2. The molecule has 0 saturated carbocycles. The van der Waals surface area contributed by atoms with Gasteiger partial charge in [0, 0.05) is 0 Å². The second kappa shape index (κ2) is 3.31. The summed E-state index contributed by atoms with van der Waals surface area (Å²) in [4.78, 5) is 0.674. The summed E-state index contributed by atoms with van der Waals surface area (Å²) in [6.45, 7) is 1.86. The molecule has 2 atom stereocenters. The minimum Gasteiger partial charge on any atom is -0.354 e. The van der Waals surface area contributed by atoms with Crippen LogP contribution in [0.2, 0.25) is 0 Å². The van der Waals surface area contributed by atoms with Gasteiger partial charge in [0.2, 0.25) is 9.84 Å². The lowest BCUT2D eigenvalue weighted by Crippen LogP contribution is -2.15. The lowest BCUT2D eigenvalue weighted by molar-refractivity contribution is 0.0631. The quantitative estimate of drug-likeness (QED) is 0.752. The van der Waals surface area contributed by atoms with Crippen LogP contribution in [-0.4, -0.2) is 20.1 Å². The highest BCUT2D eigenvalue weighted by Crippen LogP contribution is 2.40. The molecule has 2 bridgehead atoms. The third kappa shape index (κ3) is 1.56. The smallest absolute Gasteiger partial charge is 0.205 e. The van der Waals surface area contributed by atoms with E-state index in [1.165, 1.54) is 0 Å². The van der Waals surface area contributed by atoms with E-state index in [-0.39, 0.29) is 0 Å². The van der Waals surface area contributed by atoms with Crippen molar-refractivity contribution in [2.45, 2.75) is 23.5 Å². The first-order valence-electron chi connectivity index (χ1n) is 5.41. The fourth-order valence-corrected chi connectivity index (χ4v) is 3.81. The first kappa shape index (κ1) is 10.7. The molecule has 0 saturated heterocycles. The number of hydrogen-bond donors (Lipinski definition) is 0. The van der Waals surface area contributed by atoms with Crippen LogP contribution < -0.4 is 0 Å². The lowest BCUT2D eigenvalue weighted by Gasteiger charge is -2.11. The van der Waals surface area contributed by atoms with Gasteiger partial charge >= 0.3 is 0 Å². The fraction of sp³-hybridized carbons (Fsp3) is 0.231. The van der Waals surface area contributed by atoms with Gasteiger partial charge in [0.05, 0.1) is 9.80 Å². The van der Waals surface area contributed by atoms with Crippen molar-refractivity contribution in [2.24, 2.45) is 0 Å². The molecule has 17 heavy (non-hydrogen) atoms. The molecule has 0 aromatic heterocycles. The highest BCUT2D eigenvalue weighted by Gasteiger charge is 2.43. The summed E-state index contributed by atoms with van der Waals surface area (Å²) < 4.78 is 30.4. The number of fused-ring (bicyclic) bond motifs is 2. The van der Waals surface area contributed by atoms with E-state index in [2.05, 4.69) is 0 Å². The largest absolute Gasteiger partial charge is 0.354 e. The van der Waals surface area contributed by atoms with E-state index in [0.29, 0.717) is 9.80 Å². The van der Waals surface area contributed by atoms with E-state index in [1.807, 2.05) is 13.0 Å². The van der Waals surface area contributed by atoms with Crippen LogP contribution in [0.15, 0.2) is 58.4 Å². The van der Waals surface area contributed by atoms with Gasteiger partial charge in [-0.25, -0.2) is 8.42 Å². The van der Waals surface area contributed by atoms with Crippen LogP contribution in [0, 0.1) is 0 Å². The Kier molecular flexibility index (Phi) is 2.09. The minimum atomic E-state index is -3.42. The van der Waals surface area contributed by atoms with Crippen molar-refractivity contribution in [3.05, 3.63) is 53.5 Å². The predicted molar refractivity (Wildman–Crippen MR) is 64.1 cm³/mol. The van der Waals surface area contributed by atoms with Crippen LogP contribution in [0.1, 0.15) is 6.92 Å². The molecule has 2 aliphatic heterocycles. The van der Waals surface area contributed by atoms with Gasteiger partial charge in [-0.15, -0.1) is 0 Å². The SMILES string of the molecule is C[C@]12C=C[C@H](O1)C(S(=O)(=O)c1ccccc1)=C2. The second-order valence-corrected chi connectivity index (χ2v) is 6.39. The molecule has 0 amide bonds. The zero-order valence-corrected chi connectivity index (χ0v) is 10.1. The van der Waals surface area contributed by atoms with Crippen molar-refractivity contribution in [2.75, 3.05) is 0 Å². The van der Waals surface area contributed by atoms with Crippen molar-refractivity contribution < 1.29 is 13.2 Å². The van der Waals surface area contributed by atoms with Gasteiger partial charge in [0.15, 0.2) is 0 Å². The van der Waals surface area contributed by atoms with Crippen LogP contribution >= 0.6 is 0 Å². The maximum absolute atomic E-state index is 12.4. The molecule has 2 aliphatic rings. The Morgan fingerprint density at radius 2 is 1.94 bits per heavy atom. The van der Waals surface area contributed by atoms with Gasteiger partial charge in [0.1, 0.15) is 11.7 Å². The Labute approximate surface area is 100 Å². The summed E-state index contributed by atoms with van der Waals surface area (Å²) in [5.74, 6) is 0. The monoisotopic (exact) mass is 248 g/mol. The Hall–Kier alpha value is -1.39. The molecule has 1 aromatic carbocycles. The average Bonchev–Trinajstić information content (AvgIpc) is 2.86. The fourth-order valence-electron chi connectivity index (χ4n) is 2.20. The third-order valence-electron chi connectivity index (χ3n) is 3.06. The van der Waals surface area contributed by atoms with Crippen LogP contribution in [0.4, 0.5) is 0 Å². The maximum Gasteiger partial charge on any atom is 0.205 e. The summed E-state index contributed by atoms with van der Waals surface area (Å²) in [5.41, 5.74) is -0.554. The van der Waals surface area contributed by atoms with E-state index < -0.39 is 21.5 Å². The average molecular weight is 248 g/mol. The Morgan fingerprint density at radius 3 is 2.47 bits per heavy atom. The van der Waals surface area contributed by atoms with E-state index in [9.17, 15) is 8.42 Å². The molecule has 0 aliphatic carbocycles. The van der Waals surface area contributed by atoms with Gasteiger partial charge in [0.25, 0.3) is 0 Å². The molecular weight excluding hydrogens is 236 g/mol. The molecule has 2 heterocycles. The molecule has 3 rings (SSSR count). The maximum atomic E-state index is 12.4. The molecular formula is C13H12O3S. The van der Waals surface area contributed by atoms with Gasteiger partial charge < -0.3 is 4.74 Å². The van der Waals surface area contributed by atoms with Crippen LogP contribution in [0.3, 0.4) is 0 Å². The number of ether oxygens (including phenoxy) is 1. The Bertz CT molecular complexity index is 613. The summed E-state index contributed by atoms with van der Waals surface area (Å²) in [5, 5.41) is 0. The zero-order chi connectivity index (χ0) is 12.1. The molecule has 0 N–H and O–H groups in total. The van der Waals surface area contributed by atoms with E-state index in [1.54, 1.807) is 42.5 Å². The summed E-state index contributed by atoms with van der Waals surface area (Å²) >= 11 is 0. The Balaban J connectivity index is 2.08. The van der Waals surface area contributed by atoms with Crippen molar-refractivity contribution in [1.29, 1.82) is 0 Å². The molecule has 4 heteroatoms. The topological polar surface area (TPSA) is 43.4 Å². The molecule has 0 fully saturated rings. The van der Waals surface area contributed by atoms with Gasteiger partial charge in [-0.1, -0.05) is 30.4 Å². The van der Waals surface area contributed by atoms with Crippen molar-refractivity contribution in [1.82, 2.24) is 0 Å². The summed E-state index contributed by atoms with van der Waals surface area (Å²) in [6.07, 6.45) is 4.96. The first-order valence-corrected chi connectivity index (χ1v) is 6.90. The third-order valence-corrected chi connectivity index (χ3v) is 4.92. The zero-order valence-electron chi connectivity index (χ0n) is 9.33. The van der Waals surface area contributed by atoms with Crippen LogP contribution in [0.25, 0.3) is 0 Å². The molecule has 0 radical (unpaired) electrons. The summed E-state index contributed by atoms with van der Waals surface area (Å²) in [6, 6.07) is 8.45. The minimum absolute atomic E-state index is 0.319. The molecule has 0 spiro atoms. The van der Waals surface area contributed by atoms with Gasteiger partial charge in [-0.2, -0.15) is 0 Å². The van der Waals surface area contributed by atoms with Gasteiger partial charge in [-0.3, -0.25) is 0 Å². The number of sulfone groups is 1. The standard InChI is InChI=1S/C13H12O3S/c1-13-8-7-11(16-13)12(9-13)17(14,15)10-5-3-2-4-6-10/h2-9,11H,1H3/t11-,13+/m0/s1. The van der Waals surface area contributed by atoms with Crippen LogP contribution in [-0.2, 0) is 14.6 Å². The predicted octanol–water partition coefficient (Wildman–Crippen LogP) is 2.07. The highest BCUT2D eigenvalue weighted by molar-refractivity contribution is 7.95.